The van der Waals surface area contributed by atoms with Crippen LogP contribution in [0.4, 0.5) is 5.69 Å². The van der Waals surface area contributed by atoms with E-state index in [4.69, 9.17) is 4.74 Å². The molecule has 0 aliphatic carbocycles. The second kappa shape index (κ2) is 8.82. The molecule has 29 heavy (non-hydrogen) atoms. The summed E-state index contributed by atoms with van der Waals surface area (Å²) >= 11 is 0. The fourth-order valence-corrected chi connectivity index (χ4v) is 3.70. The molecule has 6 heteroatoms. The number of nitrogens with zero attached hydrogens (tertiary/aromatic N) is 1. The number of benzene rings is 2. The first-order chi connectivity index (χ1) is 13.9. The monoisotopic (exact) mass is 393 g/mol. The van der Waals surface area contributed by atoms with Gasteiger partial charge in [0.1, 0.15) is 11.2 Å². The third kappa shape index (κ3) is 4.96. The number of hydrogen-bond acceptors (Lipinski definition) is 5. The second-order valence-electron chi connectivity index (χ2n) is 7.32. The lowest BCUT2D eigenvalue weighted by atomic mass is 9.82. The summed E-state index contributed by atoms with van der Waals surface area (Å²) in [6.45, 7) is 2.00. The summed E-state index contributed by atoms with van der Waals surface area (Å²) in [6.07, 6.45) is 4.20. The van der Waals surface area contributed by atoms with Gasteiger partial charge in [0.15, 0.2) is 5.78 Å². The minimum atomic E-state index is -0.807. The van der Waals surface area contributed by atoms with Crippen LogP contribution in [0.5, 0.6) is 0 Å². The molecule has 0 radical (unpaired) electrons. The topological polar surface area (TPSA) is 86.5 Å². The lowest BCUT2D eigenvalue weighted by Gasteiger charge is -2.37. The molecule has 0 unspecified atom stereocenters. The van der Waals surface area contributed by atoms with Gasteiger partial charge in [0.25, 0.3) is 5.69 Å². The Kier molecular flexibility index (Phi) is 6.22. The highest BCUT2D eigenvalue weighted by atomic mass is 16.6. The van der Waals surface area contributed by atoms with Gasteiger partial charge in [0.2, 0.25) is 0 Å². The summed E-state index contributed by atoms with van der Waals surface area (Å²) in [7, 11) is 0. The van der Waals surface area contributed by atoms with Gasteiger partial charge in [0, 0.05) is 12.1 Å². The molecule has 3 rings (SSSR count). The van der Waals surface area contributed by atoms with E-state index >= 15 is 0 Å². The van der Waals surface area contributed by atoms with E-state index in [2.05, 4.69) is 0 Å². The van der Waals surface area contributed by atoms with Crippen molar-refractivity contribution in [3.63, 3.8) is 0 Å². The summed E-state index contributed by atoms with van der Waals surface area (Å²) in [4.78, 5) is 35.9. The molecule has 150 valence electrons. The quantitative estimate of drug-likeness (QED) is 0.224. The Bertz CT molecular complexity index is 929. The Morgan fingerprint density at radius 3 is 2.52 bits per heavy atom. The first-order valence-corrected chi connectivity index (χ1v) is 9.69. The highest BCUT2D eigenvalue weighted by Gasteiger charge is 2.43. The van der Waals surface area contributed by atoms with Gasteiger partial charge >= 0.3 is 5.97 Å². The summed E-state index contributed by atoms with van der Waals surface area (Å²) in [5.74, 6) is -0.941. The van der Waals surface area contributed by atoms with E-state index in [1.165, 1.54) is 24.3 Å². The van der Waals surface area contributed by atoms with E-state index in [9.17, 15) is 19.7 Å². The molecule has 1 fully saturated rings. The zero-order valence-electron chi connectivity index (χ0n) is 16.3. The summed E-state index contributed by atoms with van der Waals surface area (Å²) < 4.78 is 5.81. The molecule has 0 bridgehead atoms. The average molecular weight is 393 g/mol. The maximum Gasteiger partial charge on any atom is 0.342 e. The lowest BCUT2D eigenvalue weighted by molar-refractivity contribution is -0.384. The van der Waals surface area contributed by atoms with Crippen molar-refractivity contribution in [1.29, 1.82) is 0 Å². The van der Waals surface area contributed by atoms with Crippen molar-refractivity contribution in [3.05, 3.63) is 81.4 Å². The van der Waals surface area contributed by atoms with Crippen LogP contribution < -0.4 is 0 Å². The van der Waals surface area contributed by atoms with E-state index in [0.29, 0.717) is 24.8 Å². The van der Waals surface area contributed by atoms with Crippen LogP contribution >= 0.6 is 0 Å². The van der Waals surface area contributed by atoms with E-state index in [1.807, 2.05) is 37.3 Å². The van der Waals surface area contributed by atoms with Crippen LogP contribution in [-0.2, 0) is 20.7 Å². The molecular weight excluding hydrogens is 370 g/mol. The SMILES string of the molecule is CCC[C@@]1(CCc2ccccc2)CC(=O)/C(=C/c2cccc([N+](=O)[O-])c2)C(=O)O1. The number of ketones is 1. The minimum Gasteiger partial charge on any atom is -0.455 e. The number of Topliss-reactive ketones (excluding diaryl/α,β-unsaturated/α-hetero) is 1. The van der Waals surface area contributed by atoms with Crippen molar-refractivity contribution in [2.45, 2.75) is 44.6 Å². The number of aryl methyl sites for hydroxylation is 1. The van der Waals surface area contributed by atoms with Crippen molar-refractivity contribution >= 4 is 23.5 Å². The predicted octanol–water partition coefficient (Wildman–Crippen LogP) is 4.67. The Hall–Kier alpha value is -3.28. The molecule has 6 nitrogen and oxygen atoms in total. The van der Waals surface area contributed by atoms with Crippen LogP contribution in [0, 0.1) is 10.1 Å². The molecule has 0 amide bonds. The number of rotatable bonds is 7. The molecule has 0 saturated carbocycles. The number of ether oxygens (including phenoxy) is 1. The normalized spacial score (nSPS) is 20.5. The van der Waals surface area contributed by atoms with Gasteiger partial charge in [0.05, 0.1) is 11.3 Å². The Morgan fingerprint density at radius 1 is 1.10 bits per heavy atom. The maximum atomic E-state index is 12.8. The molecule has 0 spiro atoms. The maximum absolute atomic E-state index is 12.8. The second-order valence-corrected chi connectivity index (χ2v) is 7.32. The first kappa shape index (κ1) is 20.5. The van der Waals surface area contributed by atoms with E-state index in [-0.39, 0.29) is 23.5 Å². The van der Waals surface area contributed by atoms with E-state index in [1.54, 1.807) is 6.07 Å². The molecule has 1 saturated heterocycles. The predicted molar refractivity (Wildman–Crippen MR) is 109 cm³/mol. The molecule has 2 aromatic rings. The number of carbonyl (C=O) groups is 2. The summed E-state index contributed by atoms with van der Waals surface area (Å²) in [5.41, 5.74) is 0.589. The molecule has 1 aliphatic heterocycles. The van der Waals surface area contributed by atoms with Crippen LogP contribution in [-0.4, -0.2) is 22.3 Å². The van der Waals surface area contributed by atoms with E-state index in [0.717, 1.165) is 12.0 Å². The number of esters is 1. The third-order valence-electron chi connectivity index (χ3n) is 5.12. The Labute approximate surface area is 169 Å². The largest absolute Gasteiger partial charge is 0.455 e. The number of hydrogen-bond donors (Lipinski definition) is 0. The average Bonchev–Trinajstić information content (AvgIpc) is 2.71. The number of non-ortho nitro benzene ring substituents is 1. The number of carbonyl (C=O) groups excluding carboxylic acids is 2. The summed E-state index contributed by atoms with van der Waals surface area (Å²) in [6, 6.07) is 15.7. The van der Waals surface area contributed by atoms with Gasteiger partial charge in [-0.25, -0.2) is 4.79 Å². The van der Waals surface area contributed by atoms with Crippen molar-refractivity contribution < 1.29 is 19.2 Å². The van der Waals surface area contributed by atoms with E-state index < -0.39 is 16.5 Å². The highest BCUT2D eigenvalue weighted by molar-refractivity contribution is 6.22. The first-order valence-electron chi connectivity index (χ1n) is 9.69. The van der Waals surface area contributed by atoms with Crippen LogP contribution in [0.2, 0.25) is 0 Å². The summed E-state index contributed by atoms with van der Waals surface area (Å²) in [5, 5.41) is 10.9. The Morgan fingerprint density at radius 2 is 1.86 bits per heavy atom. The molecule has 2 aromatic carbocycles. The zero-order valence-corrected chi connectivity index (χ0v) is 16.3. The molecule has 0 aromatic heterocycles. The zero-order chi connectivity index (χ0) is 20.9. The standard InChI is InChI=1S/C23H23NO5/c1-2-12-23(13-11-17-7-4-3-5-8-17)16-21(25)20(22(26)29-23)15-18-9-6-10-19(14-18)24(27)28/h3-10,14-15H,2,11-13,16H2,1H3/b20-15-/t23-/m1/s1. The number of cyclic esters (lactones) is 1. The molecule has 1 atom stereocenters. The van der Waals surface area contributed by atoms with Gasteiger partial charge in [-0.2, -0.15) is 0 Å². The molecular formula is C23H23NO5. The van der Waals surface area contributed by atoms with Crippen molar-refractivity contribution in [2.24, 2.45) is 0 Å². The number of nitro benzene ring substituents is 1. The third-order valence-corrected chi connectivity index (χ3v) is 5.12. The Balaban J connectivity index is 1.81. The van der Waals surface area contributed by atoms with Gasteiger partial charge < -0.3 is 4.74 Å². The van der Waals surface area contributed by atoms with Gasteiger partial charge in [-0.1, -0.05) is 55.8 Å². The van der Waals surface area contributed by atoms with Crippen LogP contribution in [0.1, 0.15) is 43.7 Å². The van der Waals surface area contributed by atoms with Crippen molar-refractivity contribution in [1.82, 2.24) is 0 Å². The molecule has 1 heterocycles. The molecule has 1 aliphatic rings. The van der Waals surface area contributed by atoms with Crippen molar-refractivity contribution in [2.75, 3.05) is 0 Å². The molecule has 0 N–H and O–H groups in total. The number of nitro groups is 1. The fraction of sp³-hybridized carbons (Fsp3) is 0.304. The van der Waals surface area contributed by atoms with Gasteiger partial charge in [-0.05, 0) is 36.5 Å². The van der Waals surface area contributed by atoms with Crippen LogP contribution in [0.15, 0.2) is 60.2 Å². The van der Waals surface area contributed by atoms with Gasteiger partial charge in [-0.15, -0.1) is 0 Å². The van der Waals surface area contributed by atoms with Crippen molar-refractivity contribution in [3.8, 4) is 0 Å². The smallest absolute Gasteiger partial charge is 0.342 e. The highest BCUT2D eigenvalue weighted by Crippen LogP contribution is 2.35. The van der Waals surface area contributed by atoms with Crippen LogP contribution in [0.25, 0.3) is 6.08 Å². The van der Waals surface area contributed by atoms with Gasteiger partial charge in [-0.3, -0.25) is 14.9 Å². The van der Waals surface area contributed by atoms with Crippen LogP contribution in [0.3, 0.4) is 0 Å². The minimum absolute atomic E-state index is 0.0584. The fourth-order valence-electron chi connectivity index (χ4n) is 3.70. The lowest BCUT2D eigenvalue weighted by Crippen LogP contribution is -2.44.